The summed E-state index contributed by atoms with van der Waals surface area (Å²) in [6, 6.07) is 18.8. The first kappa shape index (κ1) is 17.5. The summed E-state index contributed by atoms with van der Waals surface area (Å²) in [6.07, 6.45) is 0.838. The lowest BCUT2D eigenvalue weighted by atomic mass is 9.95. The Balaban J connectivity index is 1.66. The molecule has 0 saturated carbocycles. The molecule has 3 heterocycles. The zero-order valence-corrected chi connectivity index (χ0v) is 15.0. The molecule has 138 valence electrons. The number of carbonyl (C=O) groups is 2. The molecule has 0 spiro atoms. The molecule has 3 aliphatic rings. The van der Waals surface area contributed by atoms with Crippen LogP contribution in [0.15, 0.2) is 73.3 Å². The smallest absolute Gasteiger partial charge is 0.273 e. The highest BCUT2D eigenvalue weighted by Gasteiger charge is 2.51. The molecule has 2 aromatic rings. The van der Waals surface area contributed by atoms with Gasteiger partial charge in [-0.05, 0) is 11.1 Å². The molecule has 0 aromatic heterocycles. The molecular formula is C22H22N2O3. The quantitative estimate of drug-likeness (QED) is 0.768. The van der Waals surface area contributed by atoms with Gasteiger partial charge in [-0.25, -0.2) is 0 Å². The Hall–Kier alpha value is -2.92. The van der Waals surface area contributed by atoms with E-state index in [-0.39, 0.29) is 17.7 Å². The summed E-state index contributed by atoms with van der Waals surface area (Å²) in [6.45, 7) is 4.92. The number of nitrogens with zero attached hydrogens (tertiary/aromatic N) is 2. The Morgan fingerprint density at radius 1 is 0.889 bits per heavy atom. The van der Waals surface area contributed by atoms with Crippen LogP contribution >= 0.6 is 0 Å². The van der Waals surface area contributed by atoms with Crippen molar-refractivity contribution in [3.05, 3.63) is 84.4 Å². The van der Waals surface area contributed by atoms with Gasteiger partial charge in [-0.3, -0.25) is 9.59 Å². The van der Waals surface area contributed by atoms with Crippen molar-refractivity contribution in [1.82, 2.24) is 9.80 Å². The summed E-state index contributed by atoms with van der Waals surface area (Å²) in [5.74, 6) is -0.471. The van der Waals surface area contributed by atoms with Gasteiger partial charge in [0.25, 0.3) is 5.91 Å². The highest BCUT2D eigenvalue weighted by Crippen LogP contribution is 2.32. The van der Waals surface area contributed by atoms with Gasteiger partial charge in [-0.2, -0.15) is 0 Å². The van der Waals surface area contributed by atoms with Crippen molar-refractivity contribution in [3.8, 4) is 0 Å². The maximum absolute atomic E-state index is 13.3. The Kier molecular flexibility index (Phi) is 4.77. The van der Waals surface area contributed by atoms with E-state index >= 15 is 0 Å². The molecule has 0 radical (unpaired) electrons. The Morgan fingerprint density at radius 3 is 2.00 bits per heavy atom. The number of hydrogen-bond donors (Lipinski definition) is 0. The second-order valence-corrected chi connectivity index (χ2v) is 6.93. The van der Waals surface area contributed by atoms with Crippen molar-refractivity contribution in [2.24, 2.45) is 5.92 Å². The van der Waals surface area contributed by atoms with E-state index < -0.39 is 12.3 Å². The van der Waals surface area contributed by atoms with Gasteiger partial charge < -0.3 is 14.5 Å². The van der Waals surface area contributed by atoms with Crippen LogP contribution in [0.4, 0.5) is 0 Å². The van der Waals surface area contributed by atoms with Crippen molar-refractivity contribution < 1.29 is 14.3 Å². The molecule has 2 aromatic carbocycles. The van der Waals surface area contributed by atoms with Crippen LogP contribution in [-0.2, 0) is 27.4 Å². The molecule has 5 nitrogen and oxygen atoms in total. The molecule has 3 atom stereocenters. The third kappa shape index (κ3) is 3.26. The van der Waals surface area contributed by atoms with E-state index in [0.29, 0.717) is 19.7 Å². The second-order valence-electron chi connectivity index (χ2n) is 6.93. The van der Waals surface area contributed by atoms with E-state index in [1.807, 2.05) is 60.7 Å². The minimum absolute atomic E-state index is 0.0817. The van der Waals surface area contributed by atoms with Crippen LogP contribution < -0.4 is 0 Å². The fourth-order valence-electron chi connectivity index (χ4n) is 3.79. The first-order valence-corrected chi connectivity index (χ1v) is 9.12. The topological polar surface area (TPSA) is 49.9 Å². The minimum atomic E-state index is -0.886. The van der Waals surface area contributed by atoms with Crippen molar-refractivity contribution in [2.75, 3.05) is 6.61 Å². The maximum atomic E-state index is 13.3. The average Bonchev–Trinajstić information content (AvgIpc) is 2.92. The summed E-state index contributed by atoms with van der Waals surface area (Å²) in [5, 5.41) is 0. The maximum Gasteiger partial charge on any atom is 0.273 e. The summed E-state index contributed by atoms with van der Waals surface area (Å²) < 4.78 is 5.88. The van der Waals surface area contributed by atoms with E-state index in [0.717, 1.165) is 11.1 Å². The van der Waals surface area contributed by atoms with Gasteiger partial charge in [0.1, 0.15) is 6.04 Å². The molecule has 0 N–H and O–H groups in total. The largest absolute Gasteiger partial charge is 0.349 e. The van der Waals surface area contributed by atoms with E-state index in [9.17, 15) is 9.59 Å². The second kappa shape index (κ2) is 7.37. The number of hydrogen-bond acceptors (Lipinski definition) is 3. The first-order valence-electron chi connectivity index (χ1n) is 9.12. The number of amides is 2. The van der Waals surface area contributed by atoms with Gasteiger partial charge in [0, 0.05) is 19.0 Å². The highest BCUT2D eigenvalue weighted by molar-refractivity contribution is 5.97. The number of carbonyl (C=O) groups excluding carboxylic acids is 2. The van der Waals surface area contributed by atoms with Gasteiger partial charge >= 0.3 is 0 Å². The highest BCUT2D eigenvalue weighted by atomic mass is 16.5. The Labute approximate surface area is 158 Å². The molecule has 3 fully saturated rings. The molecule has 5 rings (SSSR count). The van der Waals surface area contributed by atoms with Crippen LogP contribution in [0.3, 0.4) is 0 Å². The lowest BCUT2D eigenvalue weighted by molar-refractivity contribution is -0.176. The number of benzene rings is 2. The molecular weight excluding hydrogens is 340 g/mol. The zero-order chi connectivity index (χ0) is 18.8. The number of rotatable bonds is 5. The summed E-state index contributed by atoms with van der Waals surface area (Å²) >= 11 is 0. The van der Waals surface area contributed by atoms with Crippen LogP contribution in [0.2, 0.25) is 0 Å². The SMILES string of the molecule is C=CC1COC2C(=O)N(Cc3ccccc3)[C@@H]1C(=O)N2Cc1ccccc1. The molecule has 2 unspecified atom stereocenters. The van der Waals surface area contributed by atoms with E-state index in [1.165, 1.54) is 0 Å². The van der Waals surface area contributed by atoms with E-state index in [1.54, 1.807) is 15.9 Å². The predicted octanol–water partition coefficient (Wildman–Crippen LogP) is 2.58. The minimum Gasteiger partial charge on any atom is -0.349 e. The lowest BCUT2D eigenvalue weighted by Gasteiger charge is -2.42. The molecule has 27 heavy (non-hydrogen) atoms. The van der Waals surface area contributed by atoms with Gasteiger partial charge in [0.2, 0.25) is 12.1 Å². The standard InChI is InChI=1S/C22H22N2O3/c1-2-18-15-27-22-21(26)23(13-16-9-5-3-6-10-16)19(18)20(25)24(22)14-17-11-7-4-8-12-17/h2-12,18-19,22H,1,13-15H2/t18?,19-,22?/m0/s1. The fraction of sp³-hybridized carbons (Fsp3) is 0.273. The number of piperazine rings is 1. The van der Waals surface area contributed by atoms with Gasteiger partial charge in [-0.1, -0.05) is 66.7 Å². The fourth-order valence-corrected chi connectivity index (χ4v) is 3.79. The monoisotopic (exact) mass is 362 g/mol. The van der Waals surface area contributed by atoms with E-state index in [2.05, 4.69) is 6.58 Å². The van der Waals surface area contributed by atoms with Crippen LogP contribution in [-0.4, -0.2) is 40.5 Å². The van der Waals surface area contributed by atoms with Crippen molar-refractivity contribution in [1.29, 1.82) is 0 Å². The van der Waals surface area contributed by atoms with Crippen LogP contribution in [0.1, 0.15) is 11.1 Å². The van der Waals surface area contributed by atoms with Crippen molar-refractivity contribution in [3.63, 3.8) is 0 Å². The van der Waals surface area contributed by atoms with Crippen molar-refractivity contribution in [2.45, 2.75) is 25.4 Å². The molecule has 2 amide bonds. The average molecular weight is 362 g/mol. The molecule has 2 bridgehead atoms. The van der Waals surface area contributed by atoms with Crippen molar-refractivity contribution >= 4 is 11.8 Å². The van der Waals surface area contributed by atoms with E-state index in [4.69, 9.17) is 4.74 Å². The molecule has 3 saturated heterocycles. The summed E-state index contributed by atoms with van der Waals surface area (Å²) in [7, 11) is 0. The van der Waals surface area contributed by atoms with Gasteiger partial charge in [0.05, 0.1) is 6.61 Å². The van der Waals surface area contributed by atoms with Crippen LogP contribution in [0, 0.1) is 5.92 Å². The number of ether oxygens (including phenoxy) is 1. The molecule has 3 aliphatic heterocycles. The van der Waals surface area contributed by atoms with Gasteiger partial charge in [0.15, 0.2) is 0 Å². The van der Waals surface area contributed by atoms with Gasteiger partial charge in [-0.15, -0.1) is 6.58 Å². The van der Waals surface area contributed by atoms with Crippen LogP contribution in [0.25, 0.3) is 0 Å². The number of fused-ring (bicyclic) bond motifs is 4. The predicted molar refractivity (Wildman–Crippen MR) is 101 cm³/mol. The third-order valence-electron chi connectivity index (χ3n) is 5.20. The lowest BCUT2D eigenvalue weighted by Crippen LogP contribution is -2.63. The normalized spacial score (nSPS) is 24.8. The summed E-state index contributed by atoms with van der Waals surface area (Å²) in [5.41, 5.74) is 1.96. The Bertz CT molecular complexity index is 837. The zero-order valence-electron chi connectivity index (χ0n) is 15.0. The Morgan fingerprint density at radius 2 is 1.44 bits per heavy atom. The summed E-state index contributed by atoms with van der Waals surface area (Å²) in [4.78, 5) is 29.7. The van der Waals surface area contributed by atoms with Crippen LogP contribution in [0.5, 0.6) is 0 Å². The molecule has 0 aliphatic carbocycles. The third-order valence-corrected chi connectivity index (χ3v) is 5.20. The molecule has 5 heteroatoms. The first-order chi connectivity index (χ1) is 13.2.